The number of hydrogen-bond acceptors (Lipinski definition) is 4. The third-order valence-electron chi connectivity index (χ3n) is 4.96. The molecule has 3 N–H and O–H groups in total. The number of hydrogen-bond donors (Lipinski definition) is 3. The van der Waals surface area contributed by atoms with Crippen LogP contribution in [0.2, 0.25) is 0 Å². The molecule has 0 unspecified atom stereocenters. The van der Waals surface area contributed by atoms with Gasteiger partial charge in [0.1, 0.15) is 11.4 Å². The molecule has 33 heavy (non-hydrogen) atoms. The summed E-state index contributed by atoms with van der Waals surface area (Å²) in [5, 5.41) is 14.0. The average Bonchev–Trinajstić information content (AvgIpc) is 3.62. The second kappa shape index (κ2) is 11.0. The fourth-order valence-corrected chi connectivity index (χ4v) is 3.05. The maximum Gasteiger partial charge on any atom is 0.392 e. The number of aliphatic hydroxyl groups excluding tert-OH is 1. The maximum atomic E-state index is 12.7. The van der Waals surface area contributed by atoms with Crippen molar-refractivity contribution in [3.63, 3.8) is 0 Å². The summed E-state index contributed by atoms with van der Waals surface area (Å²) < 4.78 is 41.7. The van der Waals surface area contributed by atoms with E-state index in [2.05, 4.69) is 10.6 Å². The first kappa shape index (κ1) is 24.3. The van der Waals surface area contributed by atoms with Gasteiger partial charge in [-0.1, -0.05) is 24.3 Å². The van der Waals surface area contributed by atoms with Crippen LogP contribution in [0.1, 0.15) is 46.7 Å². The van der Waals surface area contributed by atoms with Crippen molar-refractivity contribution in [2.75, 3.05) is 19.8 Å². The van der Waals surface area contributed by atoms with E-state index in [0.29, 0.717) is 5.92 Å². The Bertz CT molecular complexity index is 982. The van der Waals surface area contributed by atoms with E-state index in [0.717, 1.165) is 5.56 Å². The van der Waals surface area contributed by atoms with Gasteiger partial charge in [0.05, 0.1) is 19.6 Å². The first-order chi connectivity index (χ1) is 15.7. The lowest BCUT2D eigenvalue weighted by Gasteiger charge is -2.12. The highest BCUT2D eigenvalue weighted by Gasteiger charge is 2.27. The molecule has 0 aromatic heterocycles. The predicted octanol–water partition coefficient (Wildman–Crippen LogP) is 3.77. The number of aliphatic hydroxyl groups is 1. The molecule has 1 fully saturated rings. The summed E-state index contributed by atoms with van der Waals surface area (Å²) in [6.45, 7) is -0.748. The Morgan fingerprint density at radius 2 is 1.73 bits per heavy atom. The lowest BCUT2D eigenvalue weighted by molar-refractivity contribution is -0.139. The Labute approximate surface area is 189 Å². The predicted molar refractivity (Wildman–Crippen MR) is 117 cm³/mol. The van der Waals surface area contributed by atoms with E-state index in [9.17, 15) is 22.8 Å². The highest BCUT2D eigenvalue weighted by atomic mass is 19.4. The molecule has 3 rings (SSSR count). The van der Waals surface area contributed by atoms with Gasteiger partial charge in [0.25, 0.3) is 11.8 Å². The molecule has 0 atom stereocenters. The third kappa shape index (κ3) is 7.94. The van der Waals surface area contributed by atoms with E-state index in [1.807, 2.05) is 24.3 Å². The molecule has 176 valence electrons. The number of nitrogens with one attached hydrogen (secondary N) is 2. The second-order valence-electron chi connectivity index (χ2n) is 7.67. The van der Waals surface area contributed by atoms with Crippen molar-refractivity contribution in [2.24, 2.45) is 0 Å². The number of alkyl halides is 3. The lowest BCUT2D eigenvalue weighted by Crippen LogP contribution is -2.36. The second-order valence-corrected chi connectivity index (χ2v) is 7.67. The van der Waals surface area contributed by atoms with Crippen LogP contribution in [0.15, 0.2) is 54.2 Å². The maximum absolute atomic E-state index is 12.7. The van der Waals surface area contributed by atoms with E-state index in [-0.39, 0.29) is 30.2 Å². The van der Waals surface area contributed by atoms with Gasteiger partial charge in [-0.3, -0.25) is 9.59 Å². The SMILES string of the molecule is O=C(NCCO)/C(=C/c1ccc(C2CC2)cc1)NC(=O)c1ccc(OCCC(F)(F)F)cc1. The minimum atomic E-state index is -4.31. The number of halogens is 3. The summed E-state index contributed by atoms with van der Waals surface area (Å²) >= 11 is 0. The van der Waals surface area contributed by atoms with Crippen LogP contribution in [0.3, 0.4) is 0 Å². The van der Waals surface area contributed by atoms with Gasteiger partial charge in [0.15, 0.2) is 0 Å². The summed E-state index contributed by atoms with van der Waals surface area (Å²) in [6, 6.07) is 13.3. The minimum absolute atomic E-state index is 0.00174. The number of amides is 2. The van der Waals surface area contributed by atoms with Crippen molar-refractivity contribution in [3.05, 3.63) is 70.9 Å². The summed E-state index contributed by atoms with van der Waals surface area (Å²) in [4.78, 5) is 25.2. The Morgan fingerprint density at radius 3 is 2.30 bits per heavy atom. The minimum Gasteiger partial charge on any atom is -0.493 e. The number of rotatable bonds is 10. The van der Waals surface area contributed by atoms with Crippen LogP contribution in [0.4, 0.5) is 13.2 Å². The van der Waals surface area contributed by atoms with Gasteiger partial charge in [-0.2, -0.15) is 13.2 Å². The molecular weight excluding hydrogens is 437 g/mol. The smallest absolute Gasteiger partial charge is 0.392 e. The molecule has 2 aromatic rings. The summed E-state index contributed by atoms with van der Waals surface area (Å²) in [7, 11) is 0. The fourth-order valence-electron chi connectivity index (χ4n) is 3.05. The van der Waals surface area contributed by atoms with Gasteiger partial charge < -0.3 is 20.5 Å². The molecule has 0 spiro atoms. The van der Waals surface area contributed by atoms with Crippen molar-refractivity contribution in [2.45, 2.75) is 31.4 Å². The largest absolute Gasteiger partial charge is 0.493 e. The lowest BCUT2D eigenvalue weighted by atomic mass is 10.1. The van der Waals surface area contributed by atoms with Gasteiger partial charge in [-0.15, -0.1) is 0 Å². The van der Waals surface area contributed by atoms with E-state index < -0.39 is 31.0 Å². The Balaban J connectivity index is 1.68. The van der Waals surface area contributed by atoms with Crippen LogP contribution in [0.5, 0.6) is 5.75 Å². The van der Waals surface area contributed by atoms with Crippen LogP contribution < -0.4 is 15.4 Å². The zero-order chi connectivity index (χ0) is 23.8. The van der Waals surface area contributed by atoms with Crippen molar-refractivity contribution in [3.8, 4) is 5.75 Å². The van der Waals surface area contributed by atoms with Crippen molar-refractivity contribution >= 4 is 17.9 Å². The van der Waals surface area contributed by atoms with E-state index in [1.54, 1.807) is 0 Å². The van der Waals surface area contributed by atoms with E-state index >= 15 is 0 Å². The first-order valence-corrected chi connectivity index (χ1v) is 10.6. The number of ether oxygens (including phenoxy) is 1. The highest BCUT2D eigenvalue weighted by molar-refractivity contribution is 6.05. The third-order valence-corrected chi connectivity index (χ3v) is 4.96. The number of carbonyl (C=O) groups excluding carboxylic acids is 2. The van der Waals surface area contributed by atoms with Crippen LogP contribution >= 0.6 is 0 Å². The molecule has 0 radical (unpaired) electrons. The number of carbonyl (C=O) groups is 2. The van der Waals surface area contributed by atoms with Gasteiger partial charge in [0, 0.05) is 12.1 Å². The van der Waals surface area contributed by atoms with Crippen molar-refractivity contribution < 1.29 is 32.6 Å². The molecule has 0 heterocycles. The van der Waals surface area contributed by atoms with E-state index in [4.69, 9.17) is 9.84 Å². The molecule has 1 saturated carbocycles. The summed E-state index contributed by atoms with van der Waals surface area (Å²) in [6.07, 6.45) is -1.50. The van der Waals surface area contributed by atoms with Crippen LogP contribution in [-0.2, 0) is 4.79 Å². The first-order valence-electron chi connectivity index (χ1n) is 10.6. The van der Waals surface area contributed by atoms with Gasteiger partial charge in [-0.05, 0) is 60.2 Å². The highest BCUT2D eigenvalue weighted by Crippen LogP contribution is 2.39. The Morgan fingerprint density at radius 1 is 1.06 bits per heavy atom. The molecule has 1 aliphatic rings. The molecule has 0 bridgehead atoms. The molecule has 0 aliphatic heterocycles. The van der Waals surface area contributed by atoms with Crippen molar-refractivity contribution in [1.82, 2.24) is 10.6 Å². The molecule has 2 amide bonds. The van der Waals surface area contributed by atoms with Crippen LogP contribution in [0, 0.1) is 0 Å². The van der Waals surface area contributed by atoms with Gasteiger partial charge >= 0.3 is 6.18 Å². The molecular formula is C24H25F3N2O4. The standard InChI is InChI=1S/C24H25F3N2O4/c25-24(26,27)11-14-33-20-9-7-19(8-10-20)22(31)29-21(23(32)28-12-13-30)15-16-1-3-17(4-2-16)18-5-6-18/h1-4,7-10,15,18,30H,5-6,11-14H2,(H,28,32)(H,29,31)/b21-15-. The number of benzene rings is 2. The molecule has 1 aliphatic carbocycles. The zero-order valence-electron chi connectivity index (χ0n) is 17.8. The molecule has 9 heteroatoms. The monoisotopic (exact) mass is 462 g/mol. The van der Waals surface area contributed by atoms with E-state index in [1.165, 1.54) is 48.7 Å². The molecule has 6 nitrogen and oxygen atoms in total. The van der Waals surface area contributed by atoms with Crippen LogP contribution in [-0.4, -0.2) is 42.9 Å². The average molecular weight is 462 g/mol. The fraction of sp³-hybridized carbons (Fsp3) is 0.333. The quantitative estimate of drug-likeness (QED) is 0.469. The van der Waals surface area contributed by atoms with Crippen LogP contribution in [0.25, 0.3) is 6.08 Å². The normalized spacial score (nSPS) is 14.0. The Kier molecular flexibility index (Phi) is 8.11. The Hall–Kier alpha value is -3.33. The summed E-state index contributed by atoms with van der Waals surface area (Å²) in [5.74, 6) is -0.342. The topological polar surface area (TPSA) is 87.7 Å². The summed E-state index contributed by atoms with van der Waals surface area (Å²) in [5.41, 5.74) is 2.16. The van der Waals surface area contributed by atoms with Gasteiger partial charge in [-0.25, -0.2) is 0 Å². The van der Waals surface area contributed by atoms with Crippen molar-refractivity contribution in [1.29, 1.82) is 0 Å². The molecule has 0 saturated heterocycles. The van der Waals surface area contributed by atoms with Gasteiger partial charge in [0.2, 0.25) is 0 Å². The molecule has 2 aromatic carbocycles. The zero-order valence-corrected chi connectivity index (χ0v) is 17.8.